The Morgan fingerprint density at radius 2 is 1.75 bits per heavy atom. The Balaban J connectivity index is 2.23. The second kappa shape index (κ2) is 10.5. The van der Waals surface area contributed by atoms with E-state index in [4.69, 9.17) is 0 Å². The molecule has 0 bridgehead atoms. The number of hydrogen-bond acceptors (Lipinski definition) is 3. The first-order valence-electron chi connectivity index (χ1n) is 8.32. The lowest BCUT2D eigenvalue weighted by atomic mass is 10.1. The van der Waals surface area contributed by atoms with Gasteiger partial charge in [-0.3, -0.25) is 4.79 Å². The van der Waals surface area contributed by atoms with Gasteiger partial charge in [-0.15, -0.1) is 0 Å². The smallest absolute Gasteiger partial charge is 0.222 e. The zero-order chi connectivity index (χ0) is 14.8. The predicted octanol–water partition coefficient (Wildman–Crippen LogP) is 3.06. The number of carbonyl (C=O) groups is 1. The molecule has 1 fully saturated rings. The Kier molecular flexibility index (Phi) is 9.36. The molecule has 1 heterocycles. The molecular weight excluding hydrogens is 268 g/mol. The highest BCUT2D eigenvalue weighted by atomic mass is 32.1. The lowest BCUT2D eigenvalue weighted by Crippen LogP contribution is -2.32. The maximum absolute atomic E-state index is 11.8. The van der Waals surface area contributed by atoms with Crippen LogP contribution in [0.3, 0.4) is 0 Å². The number of hydrogen-bond donors (Lipinski definition) is 1. The fourth-order valence-electron chi connectivity index (χ4n) is 2.78. The molecule has 1 rings (SSSR count). The van der Waals surface area contributed by atoms with Crippen LogP contribution in [0.4, 0.5) is 0 Å². The van der Waals surface area contributed by atoms with Gasteiger partial charge in [0.15, 0.2) is 0 Å². The maximum Gasteiger partial charge on any atom is 0.222 e. The van der Waals surface area contributed by atoms with Crippen molar-refractivity contribution in [1.82, 2.24) is 9.80 Å². The van der Waals surface area contributed by atoms with E-state index in [-0.39, 0.29) is 0 Å². The van der Waals surface area contributed by atoms with Gasteiger partial charge in [-0.1, -0.05) is 26.7 Å². The first-order chi connectivity index (χ1) is 9.71. The second-order valence-corrected chi connectivity index (χ2v) is 6.36. The minimum atomic E-state index is 0.331. The molecule has 1 aliphatic heterocycles. The minimum absolute atomic E-state index is 0.331. The van der Waals surface area contributed by atoms with E-state index in [1.54, 1.807) is 0 Å². The van der Waals surface area contributed by atoms with Gasteiger partial charge in [0.25, 0.3) is 0 Å². The van der Waals surface area contributed by atoms with Crippen molar-refractivity contribution in [3.05, 3.63) is 0 Å². The van der Waals surface area contributed by atoms with E-state index in [2.05, 4.69) is 31.4 Å². The van der Waals surface area contributed by atoms with Gasteiger partial charge >= 0.3 is 0 Å². The molecule has 1 aliphatic rings. The topological polar surface area (TPSA) is 23.6 Å². The van der Waals surface area contributed by atoms with Crippen LogP contribution >= 0.6 is 12.6 Å². The summed E-state index contributed by atoms with van der Waals surface area (Å²) in [4.78, 5) is 16.5. The average molecular weight is 301 g/mol. The van der Waals surface area contributed by atoms with Crippen molar-refractivity contribution in [3.8, 4) is 0 Å². The zero-order valence-electron chi connectivity index (χ0n) is 13.3. The van der Waals surface area contributed by atoms with Crippen LogP contribution in [0.2, 0.25) is 0 Å². The lowest BCUT2D eigenvalue weighted by molar-refractivity contribution is -0.127. The van der Waals surface area contributed by atoms with Crippen molar-refractivity contribution in [2.24, 2.45) is 5.92 Å². The molecule has 118 valence electrons. The Morgan fingerprint density at radius 3 is 2.25 bits per heavy atom. The number of likely N-dealkylation sites (tertiary alicyclic amines) is 1. The summed E-state index contributed by atoms with van der Waals surface area (Å²) in [6.45, 7) is 9.91. The molecule has 0 N–H and O–H groups in total. The van der Waals surface area contributed by atoms with Gasteiger partial charge < -0.3 is 9.80 Å². The predicted molar refractivity (Wildman–Crippen MR) is 89.4 cm³/mol. The van der Waals surface area contributed by atoms with Crippen molar-refractivity contribution in [1.29, 1.82) is 0 Å². The highest BCUT2D eigenvalue weighted by molar-refractivity contribution is 7.80. The van der Waals surface area contributed by atoms with Crippen LogP contribution in [0.25, 0.3) is 0 Å². The largest absolute Gasteiger partial charge is 0.342 e. The molecule has 20 heavy (non-hydrogen) atoms. The quantitative estimate of drug-likeness (QED) is 0.593. The third-order valence-corrected chi connectivity index (χ3v) is 4.63. The summed E-state index contributed by atoms with van der Waals surface area (Å²) in [6, 6.07) is 0. The van der Waals surface area contributed by atoms with Gasteiger partial charge in [-0.2, -0.15) is 12.6 Å². The van der Waals surface area contributed by atoms with E-state index in [1.165, 1.54) is 38.8 Å². The summed E-state index contributed by atoms with van der Waals surface area (Å²) in [5.74, 6) is 1.64. The monoisotopic (exact) mass is 300 g/mol. The van der Waals surface area contributed by atoms with Crippen LogP contribution in [0.1, 0.15) is 52.4 Å². The number of thiol groups is 1. The fourth-order valence-corrected chi connectivity index (χ4v) is 3.02. The molecule has 1 unspecified atom stereocenters. The molecule has 0 aromatic rings. The lowest BCUT2D eigenvalue weighted by Gasteiger charge is -2.23. The molecule has 0 spiro atoms. The molecule has 1 saturated heterocycles. The summed E-state index contributed by atoms with van der Waals surface area (Å²) < 4.78 is 0. The summed E-state index contributed by atoms with van der Waals surface area (Å²) >= 11 is 4.31. The number of unbranched alkanes of at least 4 members (excludes halogenated alkanes) is 2. The molecular formula is C16H32N2OS. The highest BCUT2D eigenvalue weighted by Crippen LogP contribution is 2.18. The van der Waals surface area contributed by atoms with Gasteiger partial charge in [-0.25, -0.2) is 0 Å². The van der Waals surface area contributed by atoms with E-state index >= 15 is 0 Å². The van der Waals surface area contributed by atoms with E-state index in [1.807, 2.05) is 4.90 Å². The number of carbonyl (C=O) groups excluding carboxylic acids is 1. The van der Waals surface area contributed by atoms with Crippen molar-refractivity contribution in [2.75, 3.05) is 38.5 Å². The van der Waals surface area contributed by atoms with Gasteiger partial charge in [0.05, 0.1) is 0 Å². The van der Waals surface area contributed by atoms with E-state index in [0.29, 0.717) is 18.2 Å². The minimum Gasteiger partial charge on any atom is -0.342 e. The van der Waals surface area contributed by atoms with Gasteiger partial charge in [0.2, 0.25) is 5.91 Å². The molecule has 0 aromatic carbocycles. The van der Waals surface area contributed by atoms with E-state index < -0.39 is 0 Å². The summed E-state index contributed by atoms with van der Waals surface area (Å²) in [6.07, 6.45) is 6.91. The standard InChI is InChI=1S/C16H32N2OS/c1-3-5-8-17(9-6-4-2)10-7-11-18-13-15(14-20)12-16(18)19/h15,20H,3-14H2,1-2H3. The number of rotatable bonds is 11. The van der Waals surface area contributed by atoms with Gasteiger partial charge in [0, 0.05) is 19.5 Å². The molecule has 0 radical (unpaired) electrons. The second-order valence-electron chi connectivity index (χ2n) is 5.99. The molecule has 0 aromatic heterocycles. The number of amides is 1. The van der Waals surface area contributed by atoms with Crippen molar-refractivity contribution >= 4 is 18.5 Å². The van der Waals surface area contributed by atoms with E-state index in [0.717, 1.165) is 31.8 Å². The molecule has 0 saturated carbocycles. The molecule has 1 amide bonds. The third-order valence-electron chi connectivity index (χ3n) is 4.11. The normalized spacial score (nSPS) is 19.3. The van der Waals surface area contributed by atoms with Gasteiger partial charge in [0.1, 0.15) is 0 Å². The first kappa shape index (κ1) is 17.8. The fraction of sp³-hybridized carbons (Fsp3) is 0.938. The molecule has 4 heteroatoms. The maximum atomic E-state index is 11.8. The van der Waals surface area contributed by atoms with E-state index in [9.17, 15) is 4.79 Å². The van der Waals surface area contributed by atoms with Gasteiger partial charge in [-0.05, 0) is 50.6 Å². The first-order valence-corrected chi connectivity index (χ1v) is 8.95. The number of nitrogens with zero attached hydrogens (tertiary/aromatic N) is 2. The molecule has 1 atom stereocenters. The average Bonchev–Trinajstić information content (AvgIpc) is 2.82. The Labute approximate surface area is 130 Å². The molecule has 3 nitrogen and oxygen atoms in total. The molecule has 0 aliphatic carbocycles. The summed E-state index contributed by atoms with van der Waals surface area (Å²) in [5.41, 5.74) is 0. The highest BCUT2D eigenvalue weighted by Gasteiger charge is 2.27. The third kappa shape index (κ3) is 6.49. The Morgan fingerprint density at radius 1 is 1.15 bits per heavy atom. The Bertz CT molecular complexity index is 265. The zero-order valence-corrected chi connectivity index (χ0v) is 14.2. The van der Waals surface area contributed by atoms with Crippen LogP contribution < -0.4 is 0 Å². The van der Waals surface area contributed by atoms with Crippen molar-refractivity contribution in [2.45, 2.75) is 52.4 Å². The summed E-state index contributed by atoms with van der Waals surface area (Å²) in [5, 5.41) is 0. The van der Waals surface area contributed by atoms with Crippen LogP contribution in [0.5, 0.6) is 0 Å². The SMILES string of the molecule is CCCCN(CCCC)CCCN1CC(CS)CC1=O. The Hall–Kier alpha value is -0.220. The summed E-state index contributed by atoms with van der Waals surface area (Å²) in [7, 11) is 0. The van der Waals surface area contributed by atoms with Crippen molar-refractivity contribution in [3.63, 3.8) is 0 Å². The van der Waals surface area contributed by atoms with Crippen LogP contribution in [-0.4, -0.2) is 54.2 Å². The van der Waals surface area contributed by atoms with Crippen molar-refractivity contribution < 1.29 is 4.79 Å². The van der Waals surface area contributed by atoms with Crippen LogP contribution in [0, 0.1) is 5.92 Å². The van der Waals surface area contributed by atoms with Crippen LogP contribution in [0.15, 0.2) is 0 Å². The van der Waals surface area contributed by atoms with Crippen LogP contribution in [-0.2, 0) is 4.79 Å².